The van der Waals surface area contributed by atoms with Crippen molar-refractivity contribution in [3.63, 3.8) is 0 Å². The highest BCUT2D eigenvalue weighted by molar-refractivity contribution is 5.80. The minimum absolute atomic E-state index is 0.0211. The van der Waals surface area contributed by atoms with Crippen molar-refractivity contribution in [2.24, 2.45) is 12.8 Å². The van der Waals surface area contributed by atoms with Gasteiger partial charge in [0.25, 0.3) is 5.56 Å². The normalized spacial score (nSPS) is 12.0. The molecule has 3 aromatic heterocycles. The van der Waals surface area contributed by atoms with E-state index < -0.39 is 11.2 Å². The van der Waals surface area contributed by atoms with Gasteiger partial charge in [-0.3, -0.25) is 18.5 Å². The van der Waals surface area contributed by atoms with E-state index in [1.807, 2.05) is 38.1 Å². The Balaban J connectivity index is 1.85. The molecule has 10 nitrogen and oxygen atoms in total. The van der Waals surface area contributed by atoms with Crippen LogP contribution in [0.2, 0.25) is 0 Å². The lowest BCUT2D eigenvalue weighted by Gasteiger charge is -2.11. The number of aromatic nitrogens is 6. The molecule has 0 fully saturated rings. The minimum Gasteiger partial charge on any atom is -0.355 e. The SMILES string of the molecule is CC#CCn1c(NCCC(C)N)nc2c1c(=O)n(Cc1nc(C)c3ccccc3n1)c(=O)n2C. The van der Waals surface area contributed by atoms with Crippen molar-refractivity contribution in [1.82, 2.24) is 28.7 Å². The highest BCUT2D eigenvalue weighted by atomic mass is 16.2. The summed E-state index contributed by atoms with van der Waals surface area (Å²) in [5, 5.41) is 4.16. The molecule has 4 aromatic rings. The Morgan fingerprint density at radius 2 is 1.91 bits per heavy atom. The summed E-state index contributed by atoms with van der Waals surface area (Å²) in [6.45, 7) is 6.32. The second kappa shape index (κ2) is 9.49. The maximum Gasteiger partial charge on any atom is 0.332 e. The number of nitrogens with two attached hydrogens (primary N) is 1. The number of hydrogen-bond donors (Lipinski definition) is 2. The van der Waals surface area contributed by atoms with E-state index in [0.29, 0.717) is 29.5 Å². The van der Waals surface area contributed by atoms with Crippen LogP contribution < -0.4 is 22.3 Å². The van der Waals surface area contributed by atoms with Gasteiger partial charge in [0.2, 0.25) is 5.95 Å². The van der Waals surface area contributed by atoms with Crippen LogP contribution in [0.1, 0.15) is 31.8 Å². The molecule has 0 bridgehead atoms. The molecule has 0 radical (unpaired) electrons. The number of fused-ring (bicyclic) bond motifs is 2. The number of nitrogens with zero attached hydrogens (tertiary/aromatic N) is 6. The first-order valence-electron chi connectivity index (χ1n) is 11.1. The van der Waals surface area contributed by atoms with Crippen LogP contribution in [-0.4, -0.2) is 41.2 Å². The Hall–Kier alpha value is -3.97. The van der Waals surface area contributed by atoms with Crippen LogP contribution in [0, 0.1) is 18.8 Å². The predicted molar refractivity (Wildman–Crippen MR) is 133 cm³/mol. The summed E-state index contributed by atoms with van der Waals surface area (Å²) in [5.41, 5.74) is 7.05. The predicted octanol–water partition coefficient (Wildman–Crippen LogP) is 1.37. The zero-order valence-electron chi connectivity index (χ0n) is 19.8. The summed E-state index contributed by atoms with van der Waals surface area (Å²) in [6.07, 6.45) is 0.727. The molecule has 3 heterocycles. The Bertz CT molecular complexity index is 1550. The van der Waals surface area contributed by atoms with Gasteiger partial charge in [0.1, 0.15) is 5.82 Å². The van der Waals surface area contributed by atoms with Gasteiger partial charge in [-0.1, -0.05) is 24.1 Å². The summed E-state index contributed by atoms with van der Waals surface area (Å²) in [7, 11) is 1.60. The van der Waals surface area contributed by atoms with Crippen LogP contribution in [0.5, 0.6) is 0 Å². The summed E-state index contributed by atoms with van der Waals surface area (Å²) in [4.78, 5) is 40.4. The fourth-order valence-electron chi connectivity index (χ4n) is 3.88. The van der Waals surface area contributed by atoms with Gasteiger partial charge in [-0.25, -0.2) is 14.8 Å². The van der Waals surface area contributed by atoms with Crippen LogP contribution in [0.4, 0.5) is 5.95 Å². The van der Waals surface area contributed by atoms with Crippen molar-refractivity contribution in [2.75, 3.05) is 11.9 Å². The van der Waals surface area contributed by atoms with E-state index in [4.69, 9.17) is 5.73 Å². The third-order valence-electron chi connectivity index (χ3n) is 5.67. The summed E-state index contributed by atoms with van der Waals surface area (Å²) >= 11 is 0. The lowest BCUT2D eigenvalue weighted by Crippen LogP contribution is -2.40. The van der Waals surface area contributed by atoms with E-state index >= 15 is 0 Å². The number of benzene rings is 1. The third kappa shape index (κ3) is 4.30. The standard InChI is InChI=1S/C24H28N8O2/c1-5-6-13-31-20-21(29-23(31)26-12-11-15(2)25)30(4)24(34)32(22(20)33)14-19-27-16(3)17-9-7-8-10-18(17)28-19/h7-10,15H,11-14,25H2,1-4H3,(H,26,29). The molecular weight excluding hydrogens is 432 g/mol. The molecule has 0 aliphatic heterocycles. The third-order valence-corrected chi connectivity index (χ3v) is 5.67. The van der Waals surface area contributed by atoms with Crippen LogP contribution in [-0.2, 0) is 20.1 Å². The molecule has 0 amide bonds. The van der Waals surface area contributed by atoms with E-state index in [2.05, 4.69) is 32.1 Å². The number of aryl methyl sites for hydroxylation is 2. The fraction of sp³-hybridized carbons (Fsp3) is 0.375. The van der Waals surface area contributed by atoms with Gasteiger partial charge in [-0.15, -0.1) is 5.92 Å². The molecule has 10 heteroatoms. The van der Waals surface area contributed by atoms with Gasteiger partial charge < -0.3 is 11.1 Å². The summed E-state index contributed by atoms with van der Waals surface area (Å²) in [6, 6.07) is 7.66. The molecule has 1 aromatic carbocycles. The van der Waals surface area contributed by atoms with Gasteiger partial charge in [-0.05, 0) is 33.3 Å². The number of anilines is 1. The van der Waals surface area contributed by atoms with E-state index in [9.17, 15) is 9.59 Å². The monoisotopic (exact) mass is 460 g/mol. The second-order valence-electron chi connectivity index (χ2n) is 8.29. The molecule has 0 aliphatic rings. The van der Waals surface area contributed by atoms with Crippen LogP contribution in [0.25, 0.3) is 22.1 Å². The first kappa shape index (κ1) is 23.2. The first-order valence-corrected chi connectivity index (χ1v) is 11.1. The fourth-order valence-corrected chi connectivity index (χ4v) is 3.88. The average molecular weight is 461 g/mol. The van der Waals surface area contributed by atoms with Gasteiger partial charge >= 0.3 is 5.69 Å². The average Bonchev–Trinajstić information content (AvgIpc) is 3.17. The van der Waals surface area contributed by atoms with Crippen molar-refractivity contribution in [3.8, 4) is 11.8 Å². The van der Waals surface area contributed by atoms with E-state index in [0.717, 1.165) is 27.6 Å². The molecule has 0 spiro atoms. The lowest BCUT2D eigenvalue weighted by molar-refractivity contribution is 0.633. The molecule has 1 unspecified atom stereocenters. The highest BCUT2D eigenvalue weighted by Gasteiger charge is 2.21. The Morgan fingerprint density at radius 3 is 2.65 bits per heavy atom. The van der Waals surface area contributed by atoms with E-state index in [1.165, 1.54) is 4.57 Å². The molecule has 0 saturated heterocycles. The van der Waals surface area contributed by atoms with Crippen LogP contribution >= 0.6 is 0 Å². The summed E-state index contributed by atoms with van der Waals surface area (Å²) < 4.78 is 4.23. The zero-order valence-corrected chi connectivity index (χ0v) is 19.8. The van der Waals surface area contributed by atoms with E-state index in [-0.39, 0.29) is 19.1 Å². The molecule has 3 N–H and O–H groups in total. The van der Waals surface area contributed by atoms with Crippen molar-refractivity contribution in [2.45, 2.75) is 46.3 Å². The van der Waals surface area contributed by atoms with Crippen molar-refractivity contribution >= 4 is 28.0 Å². The van der Waals surface area contributed by atoms with Gasteiger partial charge in [0.15, 0.2) is 11.2 Å². The minimum atomic E-state index is -0.486. The largest absolute Gasteiger partial charge is 0.355 e. The topological polar surface area (TPSA) is 126 Å². The van der Waals surface area contributed by atoms with Crippen molar-refractivity contribution in [3.05, 3.63) is 56.6 Å². The number of imidazole rings is 1. The zero-order chi connectivity index (χ0) is 24.4. The molecule has 34 heavy (non-hydrogen) atoms. The number of hydrogen-bond acceptors (Lipinski definition) is 7. The molecular formula is C24H28N8O2. The maximum absolute atomic E-state index is 13.6. The number of para-hydroxylation sites is 1. The van der Waals surface area contributed by atoms with E-state index in [1.54, 1.807) is 18.5 Å². The lowest BCUT2D eigenvalue weighted by atomic mass is 10.2. The molecule has 0 aliphatic carbocycles. The van der Waals surface area contributed by atoms with Crippen molar-refractivity contribution < 1.29 is 0 Å². The van der Waals surface area contributed by atoms with Gasteiger partial charge in [0, 0.05) is 30.7 Å². The molecule has 0 saturated carbocycles. The number of rotatable bonds is 7. The Labute approximate surface area is 196 Å². The first-order chi connectivity index (χ1) is 16.3. The molecule has 176 valence electrons. The van der Waals surface area contributed by atoms with Crippen LogP contribution in [0.15, 0.2) is 33.9 Å². The molecule has 1 atom stereocenters. The maximum atomic E-state index is 13.6. The Morgan fingerprint density at radius 1 is 1.15 bits per heavy atom. The highest BCUT2D eigenvalue weighted by Crippen LogP contribution is 2.17. The Kier molecular flexibility index (Phi) is 6.47. The summed E-state index contributed by atoms with van der Waals surface area (Å²) in [5.74, 6) is 6.71. The van der Waals surface area contributed by atoms with Gasteiger partial charge in [0.05, 0.1) is 18.6 Å². The smallest absolute Gasteiger partial charge is 0.332 e. The quantitative estimate of drug-likeness (QED) is 0.399. The van der Waals surface area contributed by atoms with Gasteiger partial charge in [-0.2, -0.15) is 4.98 Å². The second-order valence-corrected chi connectivity index (χ2v) is 8.29. The number of nitrogens with one attached hydrogen (secondary N) is 1. The van der Waals surface area contributed by atoms with Crippen LogP contribution in [0.3, 0.4) is 0 Å². The molecule has 4 rings (SSSR count). The van der Waals surface area contributed by atoms with Crippen molar-refractivity contribution in [1.29, 1.82) is 0 Å².